The van der Waals surface area contributed by atoms with E-state index in [9.17, 15) is 9.59 Å². The molecular weight excluding hydrogens is 360 g/mol. The van der Waals surface area contributed by atoms with Crippen LogP contribution in [0.25, 0.3) is 0 Å². The van der Waals surface area contributed by atoms with Crippen molar-refractivity contribution in [2.45, 2.75) is 27.7 Å². The molecule has 4 nitrogen and oxygen atoms in total. The van der Waals surface area contributed by atoms with Gasteiger partial charge in [-0.05, 0) is 59.4 Å². The van der Waals surface area contributed by atoms with Gasteiger partial charge in [0.1, 0.15) is 0 Å². The van der Waals surface area contributed by atoms with Crippen LogP contribution in [0.1, 0.15) is 27.7 Å². The minimum Gasteiger partial charge on any atom is -0.290 e. The van der Waals surface area contributed by atoms with Crippen LogP contribution < -0.4 is 4.90 Å². The molecule has 0 N–H and O–H groups in total. The van der Waals surface area contributed by atoms with Gasteiger partial charge < -0.3 is 0 Å². The highest BCUT2D eigenvalue weighted by molar-refractivity contribution is 6.26. The maximum atomic E-state index is 13.4. The predicted molar refractivity (Wildman–Crippen MR) is 119 cm³/mol. The smallest absolute Gasteiger partial charge is 0.290 e. The van der Waals surface area contributed by atoms with Crippen molar-refractivity contribution < 1.29 is 9.59 Å². The van der Waals surface area contributed by atoms with E-state index in [1.165, 1.54) is 0 Å². The van der Waals surface area contributed by atoms with E-state index < -0.39 is 0 Å². The molecule has 0 aliphatic heterocycles. The lowest BCUT2D eigenvalue weighted by atomic mass is 9.83. The van der Waals surface area contributed by atoms with Gasteiger partial charge in [0.25, 0.3) is 0 Å². The molecule has 29 heavy (non-hydrogen) atoms. The first-order valence-corrected chi connectivity index (χ1v) is 9.89. The largest absolute Gasteiger partial charge is 0.353 e. The zero-order valence-corrected chi connectivity index (χ0v) is 17.3. The van der Waals surface area contributed by atoms with Crippen LogP contribution in [0.4, 0.5) is 16.2 Å². The number of hydrogen-bond donors (Lipinski definition) is 0. The highest BCUT2D eigenvalue weighted by Gasteiger charge is 2.26. The molecular formula is C25H26N2O2. The number of amides is 2. The molecule has 4 heteroatoms. The monoisotopic (exact) mass is 386 g/mol. The van der Waals surface area contributed by atoms with E-state index in [0.717, 1.165) is 22.5 Å². The summed E-state index contributed by atoms with van der Waals surface area (Å²) in [7, 11) is 0. The molecule has 0 aromatic heterocycles. The first-order valence-electron chi connectivity index (χ1n) is 9.89. The molecule has 0 saturated carbocycles. The fraction of sp³-hybridized carbons (Fsp3) is 0.240. The van der Waals surface area contributed by atoms with Crippen molar-refractivity contribution in [3.05, 3.63) is 84.0 Å². The second kappa shape index (κ2) is 8.82. The lowest BCUT2D eigenvalue weighted by Crippen LogP contribution is -2.27. The Balaban J connectivity index is 2.12. The Morgan fingerprint density at radius 2 is 1.17 bits per heavy atom. The van der Waals surface area contributed by atoms with Gasteiger partial charge in [-0.15, -0.1) is 0 Å². The molecule has 0 atom stereocenters. The molecule has 1 aliphatic carbocycles. The van der Waals surface area contributed by atoms with E-state index in [1.54, 1.807) is 17.1 Å². The summed E-state index contributed by atoms with van der Waals surface area (Å²) < 4.78 is 0. The van der Waals surface area contributed by atoms with Crippen molar-refractivity contribution in [2.24, 2.45) is 16.8 Å². The Labute approximate surface area is 172 Å². The molecule has 1 aliphatic rings. The average Bonchev–Trinajstić information content (AvgIpc) is 2.70. The topological polar surface area (TPSA) is 49.7 Å². The van der Waals surface area contributed by atoms with E-state index in [4.69, 9.17) is 0 Å². The highest BCUT2D eigenvalue weighted by atomic mass is 16.2. The van der Waals surface area contributed by atoms with E-state index in [1.807, 2.05) is 88.4 Å². The highest BCUT2D eigenvalue weighted by Crippen LogP contribution is 2.29. The lowest BCUT2D eigenvalue weighted by molar-refractivity contribution is -0.110. The van der Waals surface area contributed by atoms with Crippen molar-refractivity contribution >= 4 is 28.9 Å². The Kier molecular flexibility index (Phi) is 6.23. The number of benzene rings is 2. The van der Waals surface area contributed by atoms with Crippen LogP contribution in [0.3, 0.4) is 0 Å². The van der Waals surface area contributed by atoms with Crippen LogP contribution in [0.2, 0.25) is 0 Å². The number of aliphatic imine (C=N–C) groups is 1. The Bertz CT molecular complexity index is 914. The van der Waals surface area contributed by atoms with Gasteiger partial charge in [0.05, 0.1) is 17.1 Å². The molecule has 0 spiro atoms. The standard InChI is InChI=1S/C25H26N2O2/c1-17(2)22-15-21(28)16-23(18(3)4)24(22)26-25(29)27(19-11-7-5-8-12-19)20-13-9-6-10-14-20/h5-18H,1-4H3. The second-order valence-electron chi connectivity index (χ2n) is 7.66. The third-order valence-corrected chi connectivity index (χ3v) is 4.81. The summed E-state index contributed by atoms with van der Waals surface area (Å²) >= 11 is 0. The molecule has 0 saturated heterocycles. The molecule has 0 heterocycles. The maximum Gasteiger partial charge on any atom is 0.353 e. The van der Waals surface area contributed by atoms with E-state index in [0.29, 0.717) is 5.71 Å². The Morgan fingerprint density at radius 3 is 1.55 bits per heavy atom. The van der Waals surface area contributed by atoms with Crippen molar-refractivity contribution in [3.63, 3.8) is 0 Å². The van der Waals surface area contributed by atoms with Gasteiger partial charge >= 0.3 is 6.03 Å². The molecule has 2 aromatic rings. The zero-order chi connectivity index (χ0) is 21.0. The number of hydrogen-bond acceptors (Lipinski definition) is 2. The molecule has 0 bridgehead atoms. The van der Waals surface area contributed by atoms with E-state index >= 15 is 0 Å². The van der Waals surface area contributed by atoms with Crippen LogP contribution in [0.15, 0.2) is 89.0 Å². The van der Waals surface area contributed by atoms with Gasteiger partial charge in [0, 0.05) is 0 Å². The molecule has 3 rings (SSSR count). The summed E-state index contributed by atoms with van der Waals surface area (Å²) in [5.74, 6) is 0.108. The van der Waals surface area contributed by atoms with Crippen molar-refractivity contribution in [2.75, 3.05) is 4.90 Å². The normalized spacial score (nSPS) is 14.0. The number of anilines is 2. The van der Waals surface area contributed by atoms with Crippen LogP contribution in [0, 0.1) is 11.8 Å². The van der Waals surface area contributed by atoms with Crippen molar-refractivity contribution in [1.29, 1.82) is 0 Å². The van der Waals surface area contributed by atoms with Crippen LogP contribution in [-0.2, 0) is 4.79 Å². The predicted octanol–water partition coefficient (Wildman–Crippen LogP) is 6.13. The van der Waals surface area contributed by atoms with Gasteiger partial charge in [0.15, 0.2) is 5.78 Å². The van der Waals surface area contributed by atoms with Crippen LogP contribution in [0.5, 0.6) is 0 Å². The van der Waals surface area contributed by atoms with Gasteiger partial charge in [0.2, 0.25) is 0 Å². The van der Waals surface area contributed by atoms with Gasteiger partial charge in [-0.25, -0.2) is 4.79 Å². The quantitative estimate of drug-likeness (QED) is 0.593. The summed E-state index contributed by atoms with van der Waals surface area (Å²) in [4.78, 5) is 31.8. The zero-order valence-electron chi connectivity index (χ0n) is 17.3. The summed E-state index contributed by atoms with van der Waals surface area (Å²) in [5, 5.41) is 0. The SMILES string of the molecule is CC(C)C1=CC(=O)C=C(C(C)C)C1=NC(=O)N(c1ccccc1)c1ccccc1. The lowest BCUT2D eigenvalue weighted by Gasteiger charge is -2.25. The Morgan fingerprint density at radius 1 is 0.759 bits per heavy atom. The van der Waals surface area contributed by atoms with Crippen molar-refractivity contribution in [1.82, 2.24) is 0 Å². The van der Waals surface area contributed by atoms with Crippen LogP contribution >= 0.6 is 0 Å². The maximum absolute atomic E-state index is 13.4. The summed E-state index contributed by atoms with van der Waals surface area (Å²) in [6, 6.07) is 18.5. The summed E-state index contributed by atoms with van der Waals surface area (Å²) in [6.07, 6.45) is 3.19. The van der Waals surface area contributed by atoms with Gasteiger partial charge in [-0.1, -0.05) is 64.1 Å². The number of rotatable bonds is 4. The number of carbonyl (C=O) groups is 2. The van der Waals surface area contributed by atoms with Gasteiger partial charge in [-0.3, -0.25) is 9.69 Å². The fourth-order valence-electron chi connectivity index (χ4n) is 3.33. The van der Waals surface area contributed by atoms with Crippen LogP contribution in [-0.4, -0.2) is 17.5 Å². The van der Waals surface area contributed by atoms with E-state index in [2.05, 4.69) is 4.99 Å². The molecule has 2 amide bonds. The number of allylic oxidation sites excluding steroid dienone is 4. The molecule has 148 valence electrons. The number of nitrogens with zero attached hydrogens (tertiary/aromatic N) is 2. The number of ketones is 1. The van der Waals surface area contributed by atoms with E-state index in [-0.39, 0.29) is 23.7 Å². The fourth-order valence-corrected chi connectivity index (χ4v) is 3.33. The first kappa shape index (κ1) is 20.5. The molecule has 2 aromatic carbocycles. The van der Waals surface area contributed by atoms with Crippen molar-refractivity contribution in [3.8, 4) is 0 Å². The number of carbonyl (C=O) groups excluding carboxylic acids is 2. The minimum absolute atomic E-state index is 0.0493. The average molecular weight is 386 g/mol. The van der Waals surface area contributed by atoms with Gasteiger partial charge in [-0.2, -0.15) is 4.99 Å². The molecule has 0 radical (unpaired) electrons. The third-order valence-electron chi connectivity index (χ3n) is 4.81. The minimum atomic E-state index is -0.384. The summed E-state index contributed by atoms with van der Waals surface area (Å²) in [6.45, 7) is 8.03. The number of para-hydroxylation sites is 2. The third kappa shape index (κ3) is 4.60. The second-order valence-corrected chi connectivity index (χ2v) is 7.66. The summed E-state index contributed by atoms with van der Waals surface area (Å²) in [5.41, 5.74) is 3.69. The first-order chi connectivity index (χ1) is 13.9. The molecule has 0 fully saturated rings. The Hall–Kier alpha value is -3.27. The number of urea groups is 1. The molecule has 0 unspecified atom stereocenters.